The van der Waals surface area contributed by atoms with Crippen molar-refractivity contribution in [1.82, 2.24) is 15.1 Å². The molecule has 1 atom stereocenters. The summed E-state index contributed by atoms with van der Waals surface area (Å²) in [4.78, 5) is 28.1. The molecule has 3 N–H and O–H groups in total. The molecule has 0 aromatic rings. The average molecular weight is 298 g/mol. The van der Waals surface area contributed by atoms with Gasteiger partial charge in [-0.15, -0.1) is 0 Å². The summed E-state index contributed by atoms with van der Waals surface area (Å²) >= 11 is 0. The minimum atomic E-state index is -0.559. The number of hydrogen-bond donors (Lipinski definition) is 2. The number of likely N-dealkylation sites (N-methyl/N-ethyl adjacent to an activating group) is 1. The minimum absolute atomic E-state index is 0.0315. The van der Waals surface area contributed by atoms with Gasteiger partial charge in [0.1, 0.15) is 0 Å². The van der Waals surface area contributed by atoms with Gasteiger partial charge >= 0.3 is 0 Å². The van der Waals surface area contributed by atoms with Crippen molar-refractivity contribution in [3.8, 4) is 0 Å². The molecule has 0 spiro atoms. The van der Waals surface area contributed by atoms with Crippen molar-refractivity contribution in [2.24, 2.45) is 11.7 Å². The summed E-state index contributed by atoms with van der Waals surface area (Å²) in [7, 11) is 1.82. The Morgan fingerprint density at radius 1 is 1.33 bits per heavy atom. The third-order valence-electron chi connectivity index (χ3n) is 4.38. The highest BCUT2D eigenvalue weighted by Gasteiger charge is 2.25. The first-order valence-corrected chi connectivity index (χ1v) is 7.88. The largest absolute Gasteiger partial charge is 0.346 e. The van der Waals surface area contributed by atoms with Crippen LogP contribution in [0.5, 0.6) is 0 Å². The molecule has 0 aromatic heterocycles. The quantitative estimate of drug-likeness (QED) is 0.725. The lowest BCUT2D eigenvalue weighted by Crippen LogP contribution is -2.50. The average Bonchev–Trinajstić information content (AvgIpc) is 2.50. The number of likely N-dealkylation sites (tertiary alicyclic amines) is 1. The number of nitrogens with one attached hydrogen (secondary N) is 1. The molecule has 1 aliphatic heterocycles. The van der Waals surface area contributed by atoms with E-state index in [-0.39, 0.29) is 30.3 Å². The Bertz CT molecular complexity index is 352. The summed E-state index contributed by atoms with van der Waals surface area (Å²) in [6.45, 7) is 9.09. The van der Waals surface area contributed by atoms with Crippen LogP contribution in [0.2, 0.25) is 0 Å². The second-order valence-corrected chi connectivity index (χ2v) is 6.16. The van der Waals surface area contributed by atoms with E-state index in [1.54, 1.807) is 4.90 Å². The predicted molar refractivity (Wildman–Crippen MR) is 83.7 cm³/mol. The first kappa shape index (κ1) is 17.9. The Hall–Kier alpha value is -1.14. The van der Waals surface area contributed by atoms with E-state index in [4.69, 9.17) is 5.73 Å². The predicted octanol–water partition coefficient (Wildman–Crippen LogP) is 0.0286. The van der Waals surface area contributed by atoms with Gasteiger partial charge in [0.2, 0.25) is 11.8 Å². The number of amides is 2. The van der Waals surface area contributed by atoms with E-state index in [9.17, 15) is 9.59 Å². The molecule has 1 heterocycles. The maximum Gasteiger partial charge on any atom is 0.241 e. The zero-order valence-corrected chi connectivity index (χ0v) is 13.8. The second kappa shape index (κ2) is 8.34. The highest BCUT2D eigenvalue weighted by atomic mass is 16.2. The highest BCUT2D eigenvalue weighted by Crippen LogP contribution is 2.15. The van der Waals surface area contributed by atoms with Crippen molar-refractivity contribution in [2.45, 2.75) is 45.7 Å². The van der Waals surface area contributed by atoms with Gasteiger partial charge in [0.05, 0.1) is 12.6 Å². The molecule has 1 aliphatic rings. The Balaban J connectivity index is 2.36. The number of hydrogen-bond acceptors (Lipinski definition) is 4. The van der Waals surface area contributed by atoms with E-state index in [0.29, 0.717) is 0 Å². The number of nitrogens with two attached hydrogens (primary N) is 1. The molecule has 6 nitrogen and oxygen atoms in total. The van der Waals surface area contributed by atoms with Crippen molar-refractivity contribution in [3.63, 3.8) is 0 Å². The Kier molecular flexibility index (Phi) is 7.11. The lowest BCUT2D eigenvalue weighted by Gasteiger charge is -2.36. The van der Waals surface area contributed by atoms with E-state index in [1.807, 2.05) is 20.9 Å². The number of rotatable bonds is 6. The van der Waals surface area contributed by atoms with Gasteiger partial charge in [-0.05, 0) is 25.3 Å². The van der Waals surface area contributed by atoms with E-state index < -0.39 is 6.04 Å². The Labute approximate surface area is 128 Å². The zero-order valence-electron chi connectivity index (χ0n) is 13.8. The molecule has 122 valence electrons. The van der Waals surface area contributed by atoms with Crippen LogP contribution < -0.4 is 11.1 Å². The lowest BCUT2D eigenvalue weighted by atomic mass is 10.0. The maximum atomic E-state index is 12.1. The van der Waals surface area contributed by atoms with Crippen LogP contribution in [0.25, 0.3) is 0 Å². The molecule has 2 amide bonds. The maximum absolute atomic E-state index is 12.1. The molecule has 21 heavy (non-hydrogen) atoms. The molecular weight excluding hydrogens is 268 g/mol. The number of piperidine rings is 1. The van der Waals surface area contributed by atoms with E-state index in [2.05, 4.69) is 17.1 Å². The van der Waals surface area contributed by atoms with Crippen molar-refractivity contribution in [3.05, 3.63) is 0 Å². The fourth-order valence-electron chi connectivity index (χ4n) is 2.53. The SMILES string of the molecule is CCN1CCC(N(C)C(=O)CNC(=O)[C@@H](N)C(C)C)CC1. The van der Waals surface area contributed by atoms with Gasteiger partial charge in [-0.2, -0.15) is 0 Å². The molecule has 0 unspecified atom stereocenters. The molecule has 6 heteroatoms. The topological polar surface area (TPSA) is 78.7 Å². The first-order valence-electron chi connectivity index (χ1n) is 7.88. The van der Waals surface area contributed by atoms with Crippen LogP contribution in [0, 0.1) is 5.92 Å². The monoisotopic (exact) mass is 298 g/mol. The number of carbonyl (C=O) groups excluding carboxylic acids is 2. The van der Waals surface area contributed by atoms with Crippen molar-refractivity contribution < 1.29 is 9.59 Å². The van der Waals surface area contributed by atoms with Gasteiger partial charge in [-0.1, -0.05) is 20.8 Å². The fourth-order valence-corrected chi connectivity index (χ4v) is 2.53. The van der Waals surface area contributed by atoms with Crippen LogP contribution in [-0.2, 0) is 9.59 Å². The Morgan fingerprint density at radius 2 is 1.90 bits per heavy atom. The lowest BCUT2D eigenvalue weighted by molar-refractivity contribution is -0.134. The molecule has 0 aliphatic carbocycles. The molecule has 1 saturated heterocycles. The standard InChI is InChI=1S/C15H30N4O2/c1-5-19-8-6-12(7-9-19)18(4)13(20)10-17-15(21)14(16)11(2)3/h11-12,14H,5-10,16H2,1-4H3,(H,17,21)/t14-/m0/s1. The van der Waals surface area contributed by atoms with E-state index >= 15 is 0 Å². The number of nitrogens with zero attached hydrogens (tertiary/aromatic N) is 2. The Morgan fingerprint density at radius 3 is 2.38 bits per heavy atom. The van der Waals surface area contributed by atoms with Crippen molar-refractivity contribution in [2.75, 3.05) is 33.2 Å². The molecule has 0 saturated carbocycles. The molecule has 0 aromatic carbocycles. The van der Waals surface area contributed by atoms with E-state index in [0.717, 1.165) is 32.5 Å². The summed E-state index contributed by atoms with van der Waals surface area (Å²) in [5.74, 6) is -0.238. The molecule has 1 fully saturated rings. The summed E-state index contributed by atoms with van der Waals surface area (Å²) in [6.07, 6.45) is 1.99. The summed E-state index contributed by atoms with van der Waals surface area (Å²) in [5, 5.41) is 2.64. The summed E-state index contributed by atoms with van der Waals surface area (Å²) in [6, 6.07) is -0.285. The minimum Gasteiger partial charge on any atom is -0.346 e. The van der Waals surface area contributed by atoms with Gasteiger partial charge in [-0.25, -0.2) is 0 Å². The molecular formula is C15H30N4O2. The summed E-state index contributed by atoms with van der Waals surface area (Å²) < 4.78 is 0. The molecule has 0 radical (unpaired) electrons. The van der Waals surface area contributed by atoms with Crippen LogP contribution in [0.15, 0.2) is 0 Å². The zero-order chi connectivity index (χ0) is 16.0. The smallest absolute Gasteiger partial charge is 0.241 e. The van der Waals surface area contributed by atoms with Crippen LogP contribution >= 0.6 is 0 Å². The fraction of sp³-hybridized carbons (Fsp3) is 0.867. The highest BCUT2D eigenvalue weighted by molar-refractivity contribution is 5.87. The summed E-state index contributed by atoms with van der Waals surface area (Å²) in [5.41, 5.74) is 5.75. The molecule has 0 bridgehead atoms. The third kappa shape index (κ3) is 5.28. The first-order chi connectivity index (χ1) is 9.86. The van der Waals surface area contributed by atoms with Crippen LogP contribution in [0.1, 0.15) is 33.6 Å². The van der Waals surface area contributed by atoms with E-state index in [1.165, 1.54) is 0 Å². The van der Waals surface area contributed by atoms with Gasteiger partial charge in [0.25, 0.3) is 0 Å². The van der Waals surface area contributed by atoms with Gasteiger partial charge in [0.15, 0.2) is 0 Å². The van der Waals surface area contributed by atoms with Gasteiger partial charge in [0, 0.05) is 26.2 Å². The molecule has 1 rings (SSSR count). The second-order valence-electron chi connectivity index (χ2n) is 6.16. The van der Waals surface area contributed by atoms with Crippen molar-refractivity contribution in [1.29, 1.82) is 0 Å². The van der Waals surface area contributed by atoms with Crippen LogP contribution in [0.3, 0.4) is 0 Å². The van der Waals surface area contributed by atoms with Crippen LogP contribution in [-0.4, -0.2) is 66.9 Å². The van der Waals surface area contributed by atoms with Gasteiger partial charge < -0.3 is 20.9 Å². The normalized spacial score (nSPS) is 18.6. The number of carbonyl (C=O) groups is 2. The van der Waals surface area contributed by atoms with Gasteiger partial charge in [-0.3, -0.25) is 9.59 Å². The van der Waals surface area contributed by atoms with Crippen LogP contribution in [0.4, 0.5) is 0 Å². The van der Waals surface area contributed by atoms with Crippen molar-refractivity contribution >= 4 is 11.8 Å². The third-order valence-corrected chi connectivity index (χ3v) is 4.38.